The zero-order valence-electron chi connectivity index (χ0n) is 15.1. The van der Waals surface area contributed by atoms with E-state index in [-0.39, 0.29) is 0 Å². The van der Waals surface area contributed by atoms with E-state index < -0.39 is 6.09 Å². The summed E-state index contributed by atoms with van der Waals surface area (Å²) >= 11 is 0. The number of amides is 1. The summed E-state index contributed by atoms with van der Waals surface area (Å²) in [5.74, 6) is 0.836. The monoisotopic (exact) mass is 339 g/mol. The molecule has 0 saturated heterocycles. The van der Waals surface area contributed by atoms with E-state index in [1.165, 1.54) is 5.56 Å². The van der Waals surface area contributed by atoms with Crippen molar-refractivity contribution in [1.82, 2.24) is 0 Å². The van der Waals surface area contributed by atoms with Crippen molar-refractivity contribution in [3.05, 3.63) is 65.2 Å². The number of benzene rings is 2. The molecule has 4 nitrogen and oxygen atoms in total. The lowest BCUT2D eigenvalue weighted by Gasteiger charge is -2.14. The molecule has 0 fully saturated rings. The molecule has 0 radical (unpaired) electrons. The number of hydrogen-bond donors (Lipinski definition) is 1. The van der Waals surface area contributed by atoms with Crippen molar-refractivity contribution in [1.29, 1.82) is 0 Å². The Labute approximate surface area is 149 Å². The molecule has 2 rings (SSSR count). The van der Waals surface area contributed by atoms with Crippen molar-refractivity contribution < 1.29 is 14.3 Å². The van der Waals surface area contributed by atoms with Crippen LogP contribution in [0.25, 0.3) is 6.08 Å². The van der Waals surface area contributed by atoms with Gasteiger partial charge in [-0.1, -0.05) is 37.8 Å². The highest BCUT2D eigenvalue weighted by Crippen LogP contribution is 2.24. The first-order valence-corrected chi connectivity index (χ1v) is 8.48. The lowest BCUT2D eigenvalue weighted by atomic mass is 10.1. The van der Waals surface area contributed by atoms with Crippen molar-refractivity contribution >= 4 is 17.9 Å². The minimum absolute atomic E-state index is 0.325. The molecule has 25 heavy (non-hydrogen) atoms. The number of rotatable bonds is 7. The van der Waals surface area contributed by atoms with Gasteiger partial charge in [0.2, 0.25) is 0 Å². The number of carbonyl (C=O) groups excluding carboxylic acids is 1. The van der Waals surface area contributed by atoms with Crippen LogP contribution in [0.15, 0.2) is 43.0 Å². The Bertz CT molecular complexity index is 753. The van der Waals surface area contributed by atoms with Gasteiger partial charge in [-0.2, -0.15) is 0 Å². The molecule has 0 aromatic heterocycles. The molecule has 0 unspecified atom stereocenters. The Morgan fingerprint density at radius 3 is 2.64 bits per heavy atom. The van der Waals surface area contributed by atoms with Gasteiger partial charge in [-0.25, -0.2) is 4.79 Å². The van der Waals surface area contributed by atoms with Crippen LogP contribution in [-0.2, 0) is 17.8 Å². The second kappa shape index (κ2) is 8.92. The van der Waals surface area contributed by atoms with Gasteiger partial charge in [-0.15, -0.1) is 0 Å². The molecule has 0 aliphatic carbocycles. The van der Waals surface area contributed by atoms with Gasteiger partial charge in [0.05, 0.1) is 12.3 Å². The summed E-state index contributed by atoms with van der Waals surface area (Å²) in [5, 5.41) is 2.76. The Morgan fingerprint density at radius 1 is 1.20 bits per heavy atom. The molecular formula is C21H25NO3. The molecule has 4 heteroatoms. The normalized spacial score (nSPS) is 10.2. The summed E-state index contributed by atoms with van der Waals surface area (Å²) in [6.07, 6.45) is 2.29. The maximum Gasteiger partial charge on any atom is 0.411 e. The molecule has 0 heterocycles. The standard InChI is InChI=1S/C21H25NO3/c1-5-16-9-11-20(15(4)12-16)25-14-18-13-17(6-2)8-10-19(18)22-21(23)24-7-3/h6,8-13H,2,5,7,14H2,1,3-4H3,(H,22,23). The molecule has 132 valence electrons. The van der Waals surface area contributed by atoms with Crippen LogP contribution >= 0.6 is 0 Å². The third-order valence-corrected chi connectivity index (χ3v) is 3.91. The predicted octanol–water partition coefficient (Wildman–Crippen LogP) is 5.35. The van der Waals surface area contributed by atoms with E-state index >= 15 is 0 Å². The zero-order valence-corrected chi connectivity index (χ0v) is 15.1. The van der Waals surface area contributed by atoms with Crippen molar-refractivity contribution in [3.8, 4) is 5.75 Å². The SMILES string of the molecule is C=Cc1ccc(NC(=O)OCC)c(COc2ccc(CC)cc2C)c1. The van der Waals surface area contributed by atoms with E-state index in [2.05, 4.69) is 31.0 Å². The average molecular weight is 339 g/mol. The maximum absolute atomic E-state index is 11.7. The zero-order chi connectivity index (χ0) is 18.2. The Balaban J connectivity index is 2.19. The molecule has 2 aromatic rings. The Hall–Kier alpha value is -2.75. The van der Waals surface area contributed by atoms with Gasteiger partial charge in [-0.3, -0.25) is 5.32 Å². The summed E-state index contributed by atoms with van der Waals surface area (Å²) in [6.45, 7) is 10.4. The van der Waals surface area contributed by atoms with Crippen molar-refractivity contribution in [2.45, 2.75) is 33.8 Å². The van der Waals surface area contributed by atoms with Crippen molar-refractivity contribution in [3.63, 3.8) is 0 Å². The van der Waals surface area contributed by atoms with Crippen molar-refractivity contribution in [2.75, 3.05) is 11.9 Å². The summed E-state index contributed by atoms with van der Waals surface area (Å²) in [7, 11) is 0. The molecule has 0 bridgehead atoms. The first-order valence-electron chi connectivity index (χ1n) is 8.48. The van der Waals surface area contributed by atoms with Crippen LogP contribution < -0.4 is 10.1 Å². The van der Waals surface area contributed by atoms with Crippen LogP contribution in [0.1, 0.15) is 36.1 Å². The Morgan fingerprint density at radius 2 is 2.00 bits per heavy atom. The van der Waals surface area contributed by atoms with Gasteiger partial charge in [-0.05, 0) is 55.2 Å². The number of anilines is 1. The van der Waals surface area contributed by atoms with Gasteiger partial charge >= 0.3 is 6.09 Å². The van der Waals surface area contributed by atoms with Gasteiger partial charge in [0, 0.05) is 5.56 Å². The fourth-order valence-corrected chi connectivity index (χ4v) is 2.51. The highest BCUT2D eigenvalue weighted by molar-refractivity contribution is 5.86. The Kier molecular flexibility index (Phi) is 6.63. The lowest BCUT2D eigenvalue weighted by Crippen LogP contribution is -2.15. The molecular weight excluding hydrogens is 314 g/mol. The number of nitrogens with one attached hydrogen (secondary N) is 1. The maximum atomic E-state index is 11.7. The summed E-state index contributed by atoms with van der Waals surface area (Å²) in [4.78, 5) is 11.7. The van der Waals surface area contributed by atoms with E-state index in [4.69, 9.17) is 9.47 Å². The van der Waals surface area contributed by atoms with E-state index in [1.807, 2.05) is 31.2 Å². The van der Waals surface area contributed by atoms with Crippen LogP contribution in [0.5, 0.6) is 5.75 Å². The highest BCUT2D eigenvalue weighted by atomic mass is 16.5. The van der Waals surface area contributed by atoms with Crippen LogP contribution in [-0.4, -0.2) is 12.7 Å². The van der Waals surface area contributed by atoms with Crippen LogP contribution in [0.4, 0.5) is 10.5 Å². The van der Waals surface area contributed by atoms with Gasteiger partial charge in [0.25, 0.3) is 0 Å². The molecule has 0 aliphatic heterocycles. The average Bonchev–Trinajstić information content (AvgIpc) is 2.61. The molecule has 2 aromatic carbocycles. The predicted molar refractivity (Wildman–Crippen MR) is 102 cm³/mol. The van der Waals surface area contributed by atoms with Crippen LogP contribution in [0.3, 0.4) is 0 Å². The number of ether oxygens (including phenoxy) is 2. The first kappa shape index (κ1) is 18.6. The number of hydrogen-bond acceptors (Lipinski definition) is 3. The summed E-state index contributed by atoms with van der Waals surface area (Å²) in [6, 6.07) is 11.9. The minimum atomic E-state index is -0.474. The molecule has 1 N–H and O–H groups in total. The second-order valence-corrected chi connectivity index (χ2v) is 5.71. The topological polar surface area (TPSA) is 47.6 Å². The molecule has 0 spiro atoms. The van der Waals surface area contributed by atoms with E-state index in [9.17, 15) is 4.79 Å². The highest BCUT2D eigenvalue weighted by Gasteiger charge is 2.10. The largest absolute Gasteiger partial charge is 0.489 e. The van der Waals surface area contributed by atoms with E-state index in [0.29, 0.717) is 18.9 Å². The molecule has 0 aliphatic rings. The first-order chi connectivity index (χ1) is 12.1. The second-order valence-electron chi connectivity index (χ2n) is 5.71. The fraction of sp³-hybridized carbons (Fsp3) is 0.286. The van der Waals surface area contributed by atoms with Crippen LogP contribution in [0, 0.1) is 6.92 Å². The lowest BCUT2D eigenvalue weighted by molar-refractivity contribution is 0.168. The summed E-state index contributed by atoms with van der Waals surface area (Å²) in [5.41, 5.74) is 4.88. The number of carbonyl (C=O) groups is 1. The van der Waals surface area contributed by atoms with Gasteiger partial charge < -0.3 is 9.47 Å². The molecule has 0 saturated carbocycles. The quantitative estimate of drug-likeness (QED) is 0.740. The van der Waals surface area contributed by atoms with E-state index in [1.54, 1.807) is 13.0 Å². The van der Waals surface area contributed by atoms with Crippen molar-refractivity contribution in [2.24, 2.45) is 0 Å². The molecule has 1 amide bonds. The third-order valence-electron chi connectivity index (χ3n) is 3.91. The third kappa shape index (κ3) is 5.11. The smallest absolute Gasteiger partial charge is 0.411 e. The summed E-state index contributed by atoms with van der Waals surface area (Å²) < 4.78 is 10.9. The minimum Gasteiger partial charge on any atom is -0.489 e. The molecule has 0 atom stereocenters. The fourth-order valence-electron chi connectivity index (χ4n) is 2.51. The van der Waals surface area contributed by atoms with E-state index in [0.717, 1.165) is 28.9 Å². The number of aryl methyl sites for hydroxylation is 2. The van der Waals surface area contributed by atoms with Gasteiger partial charge in [0.15, 0.2) is 0 Å². The van der Waals surface area contributed by atoms with Crippen LogP contribution in [0.2, 0.25) is 0 Å². The van der Waals surface area contributed by atoms with Gasteiger partial charge in [0.1, 0.15) is 12.4 Å².